The third-order valence-electron chi connectivity index (χ3n) is 3.08. The van der Waals surface area contributed by atoms with E-state index < -0.39 is 11.9 Å². The van der Waals surface area contributed by atoms with E-state index in [-0.39, 0.29) is 29.5 Å². The zero-order chi connectivity index (χ0) is 13.2. The number of carbonyl (C=O) groups excluding carboxylic acids is 2. The molecule has 1 heterocycles. The SMILES string of the molecule is CC(C(=O)O)=C(C)C(=O)N1CCC(C(N)=O)C1. The zero-order valence-electron chi connectivity index (χ0n) is 9.90. The second kappa shape index (κ2) is 4.99. The van der Waals surface area contributed by atoms with Crippen LogP contribution in [0.1, 0.15) is 20.3 Å². The van der Waals surface area contributed by atoms with Gasteiger partial charge in [0.2, 0.25) is 11.8 Å². The van der Waals surface area contributed by atoms with Gasteiger partial charge in [0, 0.05) is 24.2 Å². The van der Waals surface area contributed by atoms with E-state index in [1.54, 1.807) is 0 Å². The summed E-state index contributed by atoms with van der Waals surface area (Å²) < 4.78 is 0. The normalized spacial score (nSPS) is 21.1. The second-order valence-electron chi connectivity index (χ2n) is 4.19. The van der Waals surface area contributed by atoms with Crippen molar-refractivity contribution >= 4 is 17.8 Å². The topological polar surface area (TPSA) is 101 Å². The van der Waals surface area contributed by atoms with Crippen molar-refractivity contribution in [3.05, 3.63) is 11.1 Å². The molecule has 1 fully saturated rings. The number of primary amides is 1. The summed E-state index contributed by atoms with van der Waals surface area (Å²) in [5, 5.41) is 8.78. The largest absolute Gasteiger partial charge is 0.478 e. The Morgan fingerprint density at radius 2 is 1.82 bits per heavy atom. The van der Waals surface area contributed by atoms with Crippen LogP contribution in [0.5, 0.6) is 0 Å². The molecule has 3 N–H and O–H groups in total. The molecule has 0 radical (unpaired) electrons. The maximum atomic E-state index is 11.9. The lowest BCUT2D eigenvalue weighted by Gasteiger charge is -2.17. The molecule has 0 spiro atoms. The third kappa shape index (κ3) is 2.83. The standard InChI is InChI=1S/C11H16N2O4/c1-6(7(2)11(16)17)10(15)13-4-3-8(5-13)9(12)14/h8H,3-5H2,1-2H3,(H2,12,14)(H,16,17). The molecule has 1 aliphatic rings. The van der Waals surface area contributed by atoms with Gasteiger partial charge in [-0.1, -0.05) is 0 Å². The molecule has 1 aliphatic heterocycles. The first-order valence-electron chi connectivity index (χ1n) is 5.34. The van der Waals surface area contributed by atoms with E-state index in [2.05, 4.69) is 0 Å². The molecule has 0 bridgehead atoms. The summed E-state index contributed by atoms with van der Waals surface area (Å²) in [5.74, 6) is -2.19. The molecule has 1 rings (SSSR count). The average molecular weight is 240 g/mol. The lowest BCUT2D eigenvalue weighted by Crippen LogP contribution is -2.32. The van der Waals surface area contributed by atoms with Crippen molar-refractivity contribution in [2.75, 3.05) is 13.1 Å². The summed E-state index contributed by atoms with van der Waals surface area (Å²) >= 11 is 0. The first-order chi connectivity index (χ1) is 7.84. The van der Waals surface area contributed by atoms with Crippen molar-refractivity contribution in [1.29, 1.82) is 0 Å². The van der Waals surface area contributed by atoms with E-state index in [1.165, 1.54) is 18.7 Å². The van der Waals surface area contributed by atoms with Gasteiger partial charge in [-0.05, 0) is 20.3 Å². The number of likely N-dealkylation sites (tertiary alicyclic amines) is 1. The molecule has 0 aliphatic carbocycles. The van der Waals surface area contributed by atoms with Crippen molar-refractivity contribution in [3.63, 3.8) is 0 Å². The van der Waals surface area contributed by atoms with Gasteiger partial charge >= 0.3 is 5.97 Å². The lowest BCUT2D eigenvalue weighted by atomic mass is 10.1. The molecule has 1 atom stereocenters. The first-order valence-corrected chi connectivity index (χ1v) is 5.34. The number of rotatable bonds is 3. The van der Waals surface area contributed by atoms with Crippen LogP contribution in [-0.2, 0) is 14.4 Å². The lowest BCUT2D eigenvalue weighted by molar-refractivity contribution is -0.134. The highest BCUT2D eigenvalue weighted by molar-refractivity contribution is 6.01. The van der Waals surface area contributed by atoms with E-state index in [0.29, 0.717) is 13.0 Å². The minimum absolute atomic E-state index is 0.0255. The fraction of sp³-hybridized carbons (Fsp3) is 0.545. The van der Waals surface area contributed by atoms with Crippen molar-refractivity contribution in [2.24, 2.45) is 11.7 Å². The Morgan fingerprint density at radius 1 is 1.24 bits per heavy atom. The number of aliphatic carboxylic acids is 1. The predicted octanol–water partition coefficient (Wildman–Crippen LogP) is -0.259. The molecular weight excluding hydrogens is 224 g/mol. The Bertz CT molecular complexity index is 400. The number of hydrogen-bond donors (Lipinski definition) is 2. The van der Waals surface area contributed by atoms with Gasteiger partial charge in [-0.25, -0.2) is 4.79 Å². The number of carbonyl (C=O) groups is 3. The number of nitrogens with zero attached hydrogens (tertiary/aromatic N) is 1. The Morgan fingerprint density at radius 3 is 2.24 bits per heavy atom. The molecule has 17 heavy (non-hydrogen) atoms. The van der Waals surface area contributed by atoms with Gasteiger partial charge in [0.25, 0.3) is 0 Å². The van der Waals surface area contributed by atoms with E-state index in [1.807, 2.05) is 0 Å². The number of carboxylic acids is 1. The fourth-order valence-electron chi connectivity index (χ4n) is 1.73. The van der Waals surface area contributed by atoms with Crippen molar-refractivity contribution in [3.8, 4) is 0 Å². The quantitative estimate of drug-likeness (QED) is 0.664. The van der Waals surface area contributed by atoms with Gasteiger partial charge < -0.3 is 15.7 Å². The van der Waals surface area contributed by atoms with Gasteiger partial charge in [-0.3, -0.25) is 9.59 Å². The Labute approximate surface area is 99.1 Å². The first kappa shape index (κ1) is 13.2. The van der Waals surface area contributed by atoms with Crippen molar-refractivity contribution in [1.82, 2.24) is 4.90 Å². The molecule has 94 valence electrons. The van der Waals surface area contributed by atoms with Crippen LogP contribution in [0.2, 0.25) is 0 Å². The van der Waals surface area contributed by atoms with E-state index in [9.17, 15) is 14.4 Å². The molecule has 0 aromatic rings. The minimum atomic E-state index is -1.11. The number of hydrogen-bond acceptors (Lipinski definition) is 3. The smallest absolute Gasteiger partial charge is 0.331 e. The summed E-state index contributed by atoms with van der Waals surface area (Å²) in [4.78, 5) is 35.1. The van der Waals surface area contributed by atoms with Crippen LogP contribution in [0.4, 0.5) is 0 Å². The molecule has 0 aromatic carbocycles. The third-order valence-corrected chi connectivity index (χ3v) is 3.08. The summed E-state index contributed by atoms with van der Waals surface area (Å²) in [7, 11) is 0. The minimum Gasteiger partial charge on any atom is -0.478 e. The Kier molecular flexibility index (Phi) is 3.88. The highest BCUT2D eigenvalue weighted by Gasteiger charge is 2.30. The van der Waals surface area contributed by atoms with Crippen molar-refractivity contribution < 1.29 is 19.5 Å². The maximum Gasteiger partial charge on any atom is 0.331 e. The Balaban J connectivity index is 2.77. The van der Waals surface area contributed by atoms with E-state index in [4.69, 9.17) is 10.8 Å². The number of nitrogens with two attached hydrogens (primary N) is 1. The van der Waals surface area contributed by atoms with Gasteiger partial charge in [-0.2, -0.15) is 0 Å². The van der Waals surface area contributed by atoms with Gasteiger partial charge in [0.15, 0.2) is 0 Å². The van der Waals surface area contributed by atoms with Gasteiger partial charge in [0.05, 0.1) is 5.92 Å². The van der Waals surface area contributed by atoms with Gasteiger partial charge in [0.1, 0.15) is 0 Å². The van der Waals surface area contributed by atoms with Crippen LogP contribution in [0.15, 0.2) is 11.1 Å². The van der Waals surface area contributed by atoms with Crippen LogP contribution < -0.4 is 5.73 Å². The molecule has 1 unspecified atom stereocenters. The highest BCUT2D eigenvalue weighted by Crippen LogP contribution is 2.19. The maximum absolute atomic E-state index is 11.9. The van der Waals surface area contributed by atoms with Gasteiger partial charge in [-0.15, -0.1) is 0 Å². The molecule has 6 nitrogen and oxygen atoms in total. The fourth-order valence-corrected chi connectivity index (χ4v) is 1.73. The van der Waals surface area contributed by atoms with E-state index in [0.717, 1.165) is 0 Å². The van der Waals surface area contributed by atoms with E-state index >= 15 is 0 Å². The molecule has 2 amide bonds. The zero-order valence-corrected chi connectivity index (χ0v) is 9.90. The van der Waals surface area contributed by atoms with Crippen LogP contribution in [0.3, 0.4) is 0 Å². The van der Waals surface area contributed by atoms with Crippen LogP contribution in [0.25, 0.3) is 0 Å². The van der Waals surface area contributed by atoms with Crippen LogP contribution in [-0.4, -0.2) is 40.9 Å². The van der Waals surface area contributed by atoms with Crippen LogP contribution >= 0.6 is 0 Å². The summed E-state index contributed by atoms with van der Waals surface area (Å²) in [6, 6.07) is 0. The van der Waals surface area contributed by atoms with Crippen LogP contribution in [0, 0.1) is 5.92 Å². The number of carboxylic acid groups (broad SMARTS) is 1. The molecular formula is C11H16N2O4. The molecule has 6 heteroatoms. The summed E-state index contributed by atoms with van der Waals surface area (Å²) in [5.41, 5.74) is 5.38. The Hall–Kier alpha value is -1.85. The van der Waals surface area contributed by atoms with Crippen molar-refractivity contribution in [2.45, 2.75) is 20.3 Å². The number of amides is 2. The summed E-state index contributed by atoms with van der Waals surface area (Å²) in [6.45, 7) is 3.58. The molecule has 0 saturated carbocycles. The highest BCUT2D eigenvalue weighted by atomic mass is 16.4. The predicted molar refractivity (Wildman–Crippen MR) is 59.9 cm³/mol. The second-order valence-corrected chi connectivity index (χ2v) is 4.19. The monoisotopic (exact) mass is 240 g/mol. The molecule has 0 aromatic heterocycles. The molecule has 1 saturated heterocycles. The summed E-state index contributed by atoms with van der Waals surface area (Å²) in [6.07, 6.45) is 0.542. The average Bonchev–Trinajstić information content (AvgIpc) is 2.75.